The van der Waals surface area contributed by atoms with E-state index in [9.17, 15) is 18.8 Å². The Balaban J connectivity index is 1.77. The SMILES string of the molecule is Cc1ccc(-n2nc(C(=O)NC[C@@H]3CCCO3)c(=O)n(Cc3ccccc3F)c2=O)cc1. The molecule has 1 aliphatic heterocycles. The van der Waals surface area contributed by atoms with E-state index in [1.54, 1.807) is 30.3 Å². The standard InChI is InChI=1S/C23H23FN4O4/c1-15-8-10-17(11-9-15)28-23(31)27(14-16-5-2-3-7-19(16)24)22(30)20(26-28)21(29)25-13-18-6-4-12-32-18/h2-3,5,7-11,18H,4,6,12-14H2,1H3,(H,25,29)/t18-/m0/s1. The molecular weight excluding hydrogens is 415 g/mol. The Hall–Kier alpha value is -3.59. The minimum absolute atomic E-state index is 0.123. The van der Waals surface area contributed by atoms with Crippen LogP contribution in [0.25, 0.3) is 5.69 Å². The molecule has 32 heavy (non-hydrogen) atoms. The summed E-state index contributed by atoms with van der Waals surface area (Å²) >= 11 is 0. The van der Waals surface area contributed by atoms with Gasteiger partial charge in [0.1, 0.15) is 5.82 Å². The molecule has 0 bridgehead atoms. The van der Waals surface area contributed by atoms with Crippen molar-refractivity contribution in [3.05, 3.63) is 92.0 Å². The van der Waals surface area contributed by atoms with Gasteiger partial charge >= 0.3 is 5.69 Å². The first-order chi connectivity index (χ1) is 15.4. The predicted octanol–water partition coefficient (Wildman–Crippen LogP) is 1.80. The van der Waals surface area contributed by atoms with Crippen LogP contribution in [0.15, 0.2) is 58.1 Å². The van der Waals surface area contributed by atoms with Crippen LogP contribution in [0.5, 0.6) is 0 Å². The number of carbonyl (C=O) groups excluding carboxylic acids is 1. The highest BCUT2D eigenvalue weighted by Crippen LogP contribution is 2.11. The van der Waals surface area contributed by atoms with Gasteiger partial charge in [-0.25, -0.2) is 9.18 Å². The third-order valence-electron chi connectivity index (χ3n) is 5.35. The summed E-state index contributed by atoms with van der Waals surface area (Å²) in [5.74, 6) is -1.27. The molecular formula is C23H23FN4O4. The largest absolute Gasteiger partial charge is 0.376 e. The monoisotopic (exact) mass is 438 g/mol. The summed E-state index contributed by atoms with van der Waals surface area (Å²) in [6.45, 7) is 2.43. The van der Waals surface area contributed by atoms with Gasteiger partial charge in [-0.15, -0.1) is 0 Å². The summed E-state index contributed by atoms with van der Waals surface area (Å²) in [7, 11) is 0. The van der Waals surface area contributed by atoms with E-state index in [1.165, 1.54) is 18.2 Å². The van der Waals surface area contributed by atoms with Gasteiger partial charge in [-0.05, 0) is 38.0 Å². The molecule has 0 aliphatic carbocycles. The van der Waals surface area contributed by atoms with Crippen molar-refractivity contribution in [3.63, 3.8) is 0 Å². The molecule has 0 saturated carbocycles. The second-order valence-corrected chi connectivity index (χ2v) is 7.71. The Bertz CT molecular complexity index is 1240. The van der Waals surface area contributed by atoms with Crippen molar-refractivity contribution >= 4 is 5.91 Å². The second-order valence-electron chi connectivity index (χ2n) is 7.71. The Kier molecular flexibility index (Phi) is 6.27. The van der Waals surface area contributed by atoms with Gasteiger partial charge in [0.15, 0.2) is 0 Å². The molecule has 166 valence electrons. The fourth-order valence-corrected chi connectivity index (χ4v) is 3.54. The number of carbonyl (C=O) groups is 1. The van der Waals surface area contributed by atoms with Crippen LogP contribution in [0.1, 0.15) is 34.5 Å². The lowest BCUT2D eigenvalue weighted by atomic mass is 10.2. The predicted molar refractivity (Wildman–Crippen MR) is 116 cm³/mol. The zero-order valence-electron chi connectivity index (χ0n) is 17.6. The van der Waals surface area contributed by atoms with E-state index in [4.69, 9.17) is 4.74 Å². The lowest BCUT2D eigenvalue weighted by Gasteiger charge is -2.14. The summed E-state index contributed by atoms with van der Waals surface area (Å²) in [5, 5.41) is 6.73. The van der Waals surface area contributed by atoms with E-state index in [-0.39, 0.29) is 24.8 Å². The Labute approximate surface area is 183 Å². The number of amides is 1. The number of benzene rings is 2. The molecule has 1 amide bonds. The number of hydrogen-bond donors (Lipinski definition) is 1. The maximum Gasteiger partial charge on any atom is 0.352 e. The number of nitrogens with one attached hydrogen (secondary N) is 1. The maximum atomic E-state index is 14.2. The summed E-state index contributed by atoms with van der Waals surface area (Å²) in [5.41, 5.74) is -0.588. The number of hydrogen-bond acceptors (Lipinski definition) is 5. The molecule has 0 spiro atoms. The maximum absolute atomic E-state index is 14.2. The summed E-state index contributed by atoms with van der Waals surface area (Å²) in [6.07, 6.45) is 1.60. The molecule has 0 radical (unpaired) electrons. The van der Waals surface area contributed by atoms with E-state index in [1.807, 2.05) is 6.92 Å². The van der Waals surface area contributed by atoms with Crippen molar-refractivity contribution in [3.8, 4) is 5.69 Å². The van der Waals surface area contributed by atoms with Gasteiger partial charge in [0.05, 0.1) is 18.3 Å². The first-order valence-electron chi connectivity index (χ1n) is 10.4. The van der Waals surface area contributed by atoms with E-state index >= 15 is 0 Å². The molecule has 1 saturated heterocycles. The summed E-state index contributed by atoms with van der Waals surface area (Å²) in [6, 6.07) is 12.7. The number of aromatic nitrogens is 3. The molecule has 1 fully saturated rings. The van der Waals surface area contributed by atoms with Crippen LogP contribution in [-0.2, 0) is 11.3 Å². The smallest absolute Gasteiger partial charge is 0.352 e. The highest BCUT2D eigenvalue weighted by Gasteiger charge is 2.23. The van der Waals surface area contributed by atoms with E-state index in [0.29, 0.717) is 12.3 Å². The van der Waals surface area contributed by atoms with Gasteiger partial charge < -0.3 is 10.1 Å². The topological polar surface area (TPSA) is 95.2 Å². The molecule has 2 heterocycles. The molecule has 9 heteroatoms. The summed E-state index contributed by atoms with van der Waals surface area (Å²) in [4.78, 5) is 39.0. The van der Waals surface area contributed by atoms with Gasteiger partial charge in [-0.1, -0.05) is 35.9 Å². The van der Waals surface area contributed by atoms with Crippen LogP contribution in [-0.4, -0.2) is 39.5 Å². The molecule has 1 N–H and O–H groups in total. The van der Waals surface area contributed by atoms with Gasteiger partial charge in [0.25, 0.3) is 11.5 Å². The Morgan fingerprint density at radius 3 is 2.62 bits per heavy atom. The third-order valence-corrected chi connectivity index (χ3v) is 5.35. The van der Waals surface area contributed by atoms with Crippen molar-refractivity contribution in [1.29, 1.82) is 0 Å². The molecule has 2 aromatic carbocycles. The summed E-state index contributed by atoms with van der Waals surface area (Å²) < 4.78 is 21.5. The average Bonchev–Trinajstić information content (AvgIpc) is 3.31. The number of aryl methyl sites for hydroxylation is 1. The molecule has 0 unspecified atom stereocenters. The normalized spacial score (nSPS) is 15.6. The Morgan fingerprint density at radius 2 is 1.94 bits per heavy atom. The first-order valence-corrected chi connectivity index (χ1v) is 10.4. The van der Waals surface area contributed by atoms with Gasteiger partial charge in [0, 0.05) is 18.7 Å². The minimum Gasteiger partial charge on any atom is -0.376 e. The number of rotatable bonds is 6. The highest BCUT2D eigenvalue weighted by atomic mass is 19.1. The number of nitrogens with zero attached hydrogens (tertiary/aromatic N) is 3. The fourth-order valence-electron chi connectivity index (χ4n) is 3.54. The molecule has 4 rings (SSSR count). The zero-order valence-corrected chi connectivity index (χ0v) is 17.6. The Morgan fingerprint density at radius 1 is 1.19 bits per heavy atom. The van der Waals surface area contributed by atoms with Crippen LogP contribution >= 0.6 is 0 Å². The van der Waals surface area contributed by atoms with E-state index < -0.39 is 28.7 Å². The molecule has 3 aromatic rings. The zero-order chi connectivity index (χ0) is 22.7. The highest BCUT2D eigenvalue weighted by molar-refractivity contribution is 5.91. The van der Waals surface area contributed by atoms with Gasteiger partial charge in [0.2, 0.25) is 5.69 Å². The van der Waals surface area contributed by atoms with Crippen molar-refractivity contribution in [2.45, 2.75) is 32.4 Å². The molecule has 1 aromatic heterocycles. The second kappa shape index (κ2) is 9.27. The van der Waals surface area contributed by atoms with Crippen molar-refractivity contribution in [2.75, 3.05) is 13.2 Å². The van der Waals surface area contributed by atoms with Crippen LogP contribution < -0.4 is 16.6 Å². The van der Waals surface area contributed by atoms with Crippen molar-refractivity contribution in [1.82, 2.24) is 19.7 Å². The van der Waals surface area contributed by atoms with E-state index in [0.717, 1.165) is 27.7 Å². The van der Waals surface area contributed by atoms with Crippen LogP contribution in [0, 0.1) is 12.7 Å². The lowest BCUT2D eigenvalue weighted by molar-refractivity contribution is 0.0849. The van der Waals surface area contributed by atoms with Crippen molar-refractivity contribution in [2.24, 2.45) is 0 Å². The fraction of sp³-hybridized carbons (Fsp3) is 0.304. The molecule has 1 aliphatic rings. The molecule has 1 atom stereocenters. The van der Waals surface area contributed by atoms with E-state index in [2.05, 4.69) is 10.4 Å². The third kappa shape index (κ3) is 4.52. The van der Waals surface area contributed by atoms with Crippen LogP contribution in [0.4, 0.5) is 4.39 Å². The number of halogens is 1. The van der Waals surface area contributed by atoms with Crippen LogP contribution in [0.3, 0.4) is 0 Å². The van der Waals surface area contributed by atoms with Crippen LogP contribution in [0.2, 0.25) is 0 Å². The molecule has 8 nitrogen and oxygen atoms in total. The lowest BCUT2D eigenvalue weighted by Crippen LogP contribution is -2.46. The minimum atomic E-state index is -0.883. The average molecular weight is 438 g/mol. The number of ether oxygens (including phenoxy) is 1. The first kappa shape index (κ1) is 21.6. The van der Waals surface area contributed by atoms with Gasteiger partial charge in [-0.2, -0.15) is 9.78 Å². The van der Waals surface area contributed by atoms with Gasteiger partial charge in [-0.3, -0.25) is 14.2 Å². The van der Waals surface area contributed by atoms with Crippen molar-refractivity contribution < 1.29 is 13.9 Å². The quantitative estimate of drug-likeness (QED) is 0.633.